The minimum atomic E-state index is 0. The topological polar surface area (TPSA) is 65.6 Å². The summed E-state index contributed by atoms with van der Waals surface area (Å²) in [6.07, 6.45) is 0.250. The van der Waals surface area contributed by atoms with Crippen molar-refractivity contribution in [1.29, 1.82) is 0 Å². The predicted octanol–water partition coefficient (Wildman–Crippen LogP) is -1.41. The fraction of sp³-hybridized carbons (Fsp3) is 0. The molecule has 0 saturated carbocycles. The van der Waals surface area contributed by atoms with Gasteiger partial charge in [-0.05, 0) is 0 Å². The van der Waals surface area contributed by atoms with Crippen molar-refractivity contribution in [1.82, 2.24) is 0 Å². The van der Waals surface area contributed by atoms with Crippen LogP contribution in [0, 0.1) is 37.7 Å². The monoisotopic (exact) mass is 102 g/mol. The van der Waals surface area contributed by atoms with E-state index in [1.54, 1.807) is 0 Å². The summed E-state index contributed by atoms with van der Waals surface area (Å²) in [5.74, 6) is 0. The fourth-order valence-electron chi connectivity index (χ4n) is 0. The molecule has 0 spiro atoms. The number of rotatable bonds is 0. The third-order valence-electron chi connectivity index (χ3n) is 0. The zero-order valence-corrected chi connectivity index (χ0v) is 2.88. The van der Waals surface area contributed by atoms with Gasteiger partial charge < -0.3 is 5.48 Å². The Morgan fingerprint density at radius 1 is 1.20 bits per heavy atom. The van der Waals surface area contributed by atoms with Crippen molar-refractivity contribution in [2.24, 2.45) is 0 Å². The second-order valence-electron chi connectivity index (χ2n) is 0.0833. The molecular formula is CH2ArO3. The molecule has 0 bridgehead atoms. The van der Waals surface area contributed by atoms with Crippen molar-refractivity contribution in [2.45, 2.75) is 0 Å². The molecule has 0 fully saturated rings. The first-order chi connectivity index (χ1) is 1.41. The van der Waals surface area contributed by atoms with E-state index in [2.05, 4.69) is 0 Å². The van der Waals surface area contributed by atoms with Gasteiger partial charge in [-0.25, -0.2) is 0 Å². The standard InChI is InChI=1S/CO2.Ar.H2O/c2-1-3;;/h;;1H2. The Morgan fingerprint density at radius 2 is 1.20 bits per heavy atom. The van der Waals surface area contributed by atoms with Gasteiger partial charge in [-0.1, -0.05) is 0 Å². The van der Waals surface area contributed by atoms with E-state index in [9.17, 15) is 0 Å². The summed E-state index contributed by atoms with van der Waals surface area (Å²) in [7, 11) is 0. The summed E-state index contributed by atoms with van der Waals surface area (Å²) in [6, 6.07) is 0. The van der Waals surface area contributed by atoms with Gasteiger partial charge in [-0.3, -0.25) is 0 Å². The Labute approximate surface area is 58.7 Å². The van der Waals surface area contributed by atoms with Gasteiger partial charge in [0.2, 0.25) is 0 Å². The maximum absolute atomic E-state index is 8.12. The Kier molecular flexibility index (Phi) is 81.7. The van der Waals surface area contributed by atoms with Gasteiger partial charge in [-0.2, -0.15) is 9.59 Å². The molecule has 0 heterocycles. The molecule has 3 nitrogen and oxygen atoms in total. The van der Waals surface area contributed by atoms with E-state index in [0.29, 0.717) is 0 Å². The van der Waals surface area contributed by atoms with E-state index < -0.39 is 0 Å². The average molecular weight is 102 g/mol. The van der Waals surface area contributed by atoms with E-state index in [1.165, 1.54) is 0 Å². The molecule has 4 heteroatoms. The summed E-state index contributed by atoms with van der Waals surface area (Å²) < 4.78 is 0. The Bertz CT molecular complexity index is 27.9. The quantitative estimate of drug-likeness (QED) is 0.377. The Balaban J connectivity index is -0.0000000200. The molecule has 0 aliphatic heterocycles. The van der Waals surface area contributed by atoms with Crippen molar-refractivity contribution in [3.8, 4) is 0 Å². The molecule has 0 atom stereocenters. The summed E-state index contributed by atoms with van der Waals surface area (Å²) in [6.45, 7) is 0. The van der Waals surface area contributed by atoms with Crippen LogP contribution in [0.5, 0.6) is 0 Å². The molecule has 0 radical (unpaired) electrons. The minimum Gasteiger partial charge on any atom is -0.412 e. The van der Waals surface area contributed by atoms with Crippen molar-refractivity contribution in [3.05, 3.63) is 0 Å². The molecule has 0 aliphatic rings. The number of hydrogen-bond acceptors (Lipinski definition) is 2. The average Bonchev–Trinajstić information content (AvgIpc) is 0.918. The zero-order valence-electron chi connectivity index (χ0n) is 2.17. The van der Waals surface area contributed by atoms with Crippen molar-refractivity contribution < 1.29 is 52.8 Å². The number of carbonyl (C=O) groups excluding carboxylic acids is 2. The summed E-state index contributed by atoms with van der Waals surface area (Å²) in [4.78, 5) is 16.2. The summed E-state index contributed by atoms with van der Waals surface area (Å²) in [5, 5.41) is 0. The van der Waals surface area contributed by atoms with Gasteiger partial charge in [-0.15, -0.1) is 0 Å². The Hall–Kier alpha value is 0.600. The molecule has 2 N–H and O–H groups in total. The minimum absolute atomic E-state index is 0. The first-order valence-electron chi connectivity index (χ1n) is 0.408. The molecule has 0 aliphatic carbocycles. The zero-order chi connectivity index (χ0) is 2.71. The molecular weight excluding hydrogens is 100.0 g/mol. The van der Waals surface area contributed by atoms with Crippen LogP contribution in [0.1, 0.15) is 0 Å². The number of hydrogen-bond donors (Lipinski definition) is 0. The van der Waals surface area contributed by atoms with Crippen LogP contribution in [-0.4, -0.2) is 11.6 Å². The molecule has 0 saturated heterocycles. The fourth-order valence-corrected chi connectivity index (χ4v) is 0. The van der Waals surface area contributed by atoms with Crippen LogP contribution in [0.15, 0.2) is 0 Å². The maximum atomic E-state index is 8.12. The molecule has 0 aromatic rings. The van der Waals surface area contributed by atoms with Gasteiger partial charge in [0.15, 0.2) is 0 Å². The molecule has 5 heavy (non-hydrogen) atoms. The van der Waals surface area contributed by atoms with Gasteiger partial charge >= 0.3 is 6.15 Å². The molecule has 0 aromatic heterocycles. The van der Waals surface area contributed by atoms with Gasteiger partial charge in [0.25, 0.3) is 0 Å². The van der Waals surface area contributed by atoms with Crippen LogP contribution in [-0.2, 0) is 9.59 Å². The molecule has 0 aromatic carbocycles. The normalized spacial score (nSPS) is 1.60. The van der Waals surface area contributed by atoms with Crippen molar-refractivity contribution >= 4 is 6.15 Å². The van der Waals surface area contributed by atoms with Gasteiger partial charge in [0.1, 0.15) is 0 Å². The largest absolute Gasteiger partial charge is 0.412 e. The first kappa shape index (κ1) is 17.5. The van der Waals surface area contributed by atoms with Crippen LogP contribution < -0.4 is 0 Å². The molecule has 0 rings (SSSR count). The first-order valence-corrected chi connectivity index (χ1v) is 0.408. The SMILES string of the molecule is O.O=C=O.[Ar]. The Morgan fingerprint density at radius 3 is 1.20 bits per heavy atom. The molecule has 0 amide bonds. The molecule has 32 valence electrons. The van der Waals surface area contributed by atoms with E-state index in [1.807, 2.05) is 0 Å². The van der Waals surface area contributed by atoms with Crippen molar-refractivity contribution in [3.63, 3.8) is 0 Å². The molecule has 0 unspecified atom stereocenters. The van der Waals surface area contributed by atoms with Crippen LogP contribution in [0.2, 0.25) is 0 Å². The predicted molar refractivity (Wildman–Crippen MR) is 8.62 cm³/mol. The summed E-state index contributed by atoms with van der Waals surface area (Å²) in [5.41, 5.74) is 0. The van der Waals surface area contributed by atoms with E-state index in [-0.39, 0.29) is 49.4 Å². The van der Waals surface area contributed by atoms with E-state index in [4.69, 9.17) is 9.59 Å². The summed E-state index contributed by atoms with van der Waals surface area (Å²) >= 11 is 0. The van der Waals surface area contributed by atoms with E-state index in [0.717, 1.165) is 0 Å². The van der Waals surface area contributed by atoms with Crippen LogP contribution in [0.25, 0.3) is 0 Å². The third-order valence-corrected chi connectivity index (χ3v) is 0. The van der Waals surface area contributed by atoms with Gasteiger partial charge in [0, 0.05) is 37.7 Å². The van der Waals surface area contributed by atoms with Crippen LogP contribution >= 0.6 is 0 Å². The van der Waals surface area contributed by atoms with Crippen LogP contribution in [0.3, 0.4) is 0 Å². The smallest absolute Gasteiger partial charge is 0.373 e. The maximum Gasteiger partial charge on any atom is 0.373 e. The second-order valence-corrected chi connectivity index (χ2v) is 0.0833. The second kappa shape index (κ2) is 23.3. The van der Waals surface area contributed by atoms with E-state index >= 15 is 0 Å². The van der Waals surface area contributed by atoms with Gasteiger partial charge in [0.05, 0.1) is 0 Å². The van der Waals surface area contributed by atoms with Crippen molar-refractivity contribution in [2.75, 3.05) is 0 Å². The van der Waals surface area contributed by atoms with Crippen LogP contribution in [0.4, 0.5) is 0 Å². The third kappa shape index (κ3) is 86.4.